The monoisotopic (exact) mass is 409 g/mol. The number of fused-ring (bicyclic) bond motifs is 2. The van der Waals surface area contributed by atoms with Crippen molar-refractivity contribution in [2.75, 3.05) is 18.5 Å². The first-order valence-electron chi connectivity index (χ1n) is 9.72. The van der Waals surface area contributed by atoms with Crippen LogP contribution in [0.15, 0.2) is 28.7 Å². The molecule has 2 atom stereocenters. The van der Waals surface area contributed by atoms with Crippen molar-refractivity contribution in [1.82, 2.24) is 4.90 Å². The van der Waals surface area contributed by atoms with Crippen molar-refractivity contribution < 1.29 is 28.3 Å². The van der Waals surface area contributed by atoms with Crippen LogP contribution >= 0.6 is 0 Å². The Balaban J connectivity index is 1.35. The molecule has 4 rings (SSSR count). The van der Waals surface area contributed by atoms with E-state index < -0.39 is 25.0 Å². The van der Waals surface area contributed by atoms with Gasteiger partial charge in [-0.1, -0.05) is 25.0 Å². The lowest BCUT2D eigenvalue weighted by Crippen LogP contribution is -2.37. The summed E-state index contributed by atoms with van der Waals surface area (Å²) in [5.74, 6) is -2.94. The minimum atomic E-state index is -0.844. The van der Waals surface area contributed by atoms with E-state index in [4.69, 9.17) is 9.15 Å². The van der Waals surface area contributed by atoms with Crippen molar-refractivity contribution in [3.63, 3.8) is 0 Å². The number of carbonyl (C=O) groups is 4. The molecule has 1 aromatic carbocycles. The van der Waals surface area contributed by atoms with Crippen molar-refractivity contribution >= 4 is 40.3 Å². The quantitative estimate of drug-likeness (QED) is 0.590. The number of nitrogens with zero attached hydrogens (tertiary/aromatic N) is 2. The molecule has 1 aliphatic heterocycles. The number of amides is 3. The maximum Gasteiger partial charge on any atom is 0.326 e. The molecule has 2 aromatic rings. The van der Waals surface area contributed by atoms with E-state index in [1.54, 1.807) is 24.3 Å². The van der Waals surface area contributed by atoms with Crippen molar-refractivity contribution in [3.05, 3.63) is 30.0 Å². The minimum absolute atomic E-state index is 0.0632. The number of likely N-dealkylation sites (tertiary alicyclic amines) is 1. The van der Waals surface area contributed by atoms with E-state index in [0.29, 0.717) is 23.8 Å². The number of ether oxygens (including phenoxy) is 1. The van der Waals surface area contributed by atoms with Crippen LogP contribution in [0.2, 0.25) is 0 Å². The van der Waals surface area contributed by atoms with Gasteiger partial charge in [0.05, 0.1) is 11.8 Å². The van der Waals surface area contributed by atoms with Crippen LogP contribution < -0.4 is 5.32 Å². The summed E-state index contributed by atoms with van der Waals surface area (Å²) in [6.45, 7) is -1.12. The molecule has 3 amide bonds. The molecule has 1 aliphatic carbocycles. The average Bonchev–Trinajstić information content (AvgIpc) is 3.23. The van der Waals surface area contributed by atoms with Crippen LogP contribution in [-0.4, -0.2) is 41.7 Å². The molecule has 0 radical (unpaired) electrons. The predicted octanol–water partition coefficient (Wildman–Crippen LogP) is 1.96. The van der Waals surface area contributed by atoms with Gasteiger partial charge in [0.25, 0.3) is 5.91 Å². The van der Waals surface area contributed by atoms with Gasteiger partial charge in [-0.3, -0.25) is 24.1 Å². The van der Waals surface area contributed by atoms with Crippen LogP contribution in [0.4, 0.5) is 5.69 Å². The molecule has 30 heavy (non-hydrogen) atoms. The van der Waals surface area contributed by atoms with E-state index in [0.717, 1.165) is 17.7 Å². The third-order valence-corrected chi connectivity index (χ3v) is 5.55. The molecule has 2 aliphatic rings. The molecule has 9 nitrogen and oxygen atoms in total. The molecule has 1 N–H and O–H groups in total. The third kappa shape index (κ3) is 3.52. The summed E-state index contributed by atoms with van der Waals surface area (Å²) in [6, 6.07) is 8.68. The maximum atomic E-state index is 12.4. The van der Waals surface area contributed by atoms with E-state index in [1.807, 2.05) is 6.07 Å². The SMILES string of the molecule is N#Cc1oc2ccccc2c1NC(=O)COC(=O)CN1C(=O)[C@H]2CCCC[C@H]2C1=O. The summed E-state index contributed by atoms with van der Waals surface area (Å²) in [6.07, 6.45) is 3.10. The second-order valence-electron chi connectivity index (χ2n) is 7.38. The standard InChI is InChI=1S/C21H19N3O6/c22-9-16-19(14-7-3-4-8-15(14)30-16)23-17(25)11-29-18(26)10-24-20(27)12-5-1-2-6-13(12)21(24)28/h3-4,7-8,12-13H,1-2,5-6,10-11H2,(H,23,25)/t12-,13+. The van der Waals surface area contributed by atoms with Crippen molar-refractivity contribution in [3.8, 4) is 6.07 Å². The number of hydrogen-bond acceptors (Lipinski definition) is 7. The number of imide groups is 1. The molecule has 0 unspecified atom stereocenters. The highest BCUT2D eigenvalue weighted by Crippen LogP contribution is 2.37. The van der Waals surface area contributed by atoms with Crippen LogP contribution in [0.1, 0.15) is 31.4 Å². The number of nitriles is 1. The Morgan fingerprint density at radius 1 is 1.17 bits per heavy atom. The Bertz CT molecular complexity index is 1060. The maximum absolute atomic E-state index is 12.4. The number of benzene rings is 1. The van der Waals surface area contributed by atoms with Crippen LogP contribution in [-0.2, 0) is 23.9 Å². The Morgan fingerprint density at radius 2 is 1.83 bits per heavy atom. The number of anilines is 1. The van der Waals surface area contributed by atoms with E-state index in [9.17, 15) is 24.4 Å². The molecule has 154 valence electrons. The second-order valence-corrected chi connectivity index (χ2v) is 7.38. The largest absolute Gasteiger partial charge is 0.454 e. The molecule has 2 fully saturated rings. The highest BCUT2D eigenvalue weighted by atomic mass is 16.5. The number of para-hydroxylation sites is 1. The summed E-state index contributed by atoms with van der Waals surface area (Å²) in [5.41, 5.74) is 0.636. The third-order valence-electron chi connectivity index (χ3n) is 5.55. The van der Waals surface area contributed by atoms with Gasteiger partial charge in [-0.15, -0.1) is 0 Å². The van der Waals surface area contributed by atoms with Gasteiger partial charge in [0, 0.05) is 5.39 Å². The average molecular weight is 409 g/mol. The Morgan fingerprint density at radius 3 is 2.50 bits per heavy atom. The van der Waals surface area contributed by atoms with Crippen LogP contribution in [0.5, 0.6) is 0 Å². The van der Waals surface area contributed by atoms with Crippen LogP contribution in [0.3, 0.4) is 0 Å². The van der Waals surface area contributed by atoms with E-state index >= 15 is 0 Å². The lowest BCUT2D eigenvalue weighted by molar-refractivity contribution is -0.154. The van der Waals surface area contributed by atoms with Gasteiger partial charge < -0.3 is 14.5 Å². The number of carbonyl (C=O) groups excluding carboxylic acids is 4. The van der Waals surface area contributed by atoms with E-state index in [1.165, 1.54) is 0 Å². The molecule has 1 aromatic heterocycles. The Labute approximate surface area is 171 Å². The lowest BCUT2D eigenvalue weighted by Gasteiger charge is -2.19. The fraction of sp³-hybridized carbons (Fsp3) is 0.381. The molecular formula is C21H19N3O6. The topological polar surface area (TPSA) is 130 Å². The van der Waals surface area contributed by atoms with Crippen molar-refractivity contribution in [1.29, 1.82) is 5.26 Å². The van der Waals surface area contributed by atoms with Gasteiger partial charge in [-0.2, -0.15) is 5.26 Å². The fourth-order valence-corrected chi connectivity index (χ4v) is 4.13. The summed E-state index contributed by atoms with van der Waals surface area (Å²) in [4.78, 5) is 50.1. The zero-order valence-electron chi connectivity index (χ0n) is 16.1. The van der Waals surface area contributed by atoms with Crippen LogP contribution in [0.25, 0.3) is 11.0 Å². The van der Waals surface area contributed by atoms with E-state index in [-0.39, 0.29) is 35.1 Å². The van der Waals surface area contributed by atoms with Crippen molar-refractivity contribution in [2.24, 2.45) is 11.8 Å². The summed E-state index contributed by atoms with van der Waals surface area (Å²) in [5, 5.41) is 12.3. The van der Waals surface area contributed by atoms with Gasteiger partial charge in [0.2, 0.25) is 17.6 Å². The zero-order valence-corrected chi connectivity index (χ0v) is 16.1. The molecule has 9 heteroatoms. The van der Waals surface area contributed by atoms with Gasteiger partial charge in [0.1, 0.15) is 23.9 Å². The predicted molar refractivity (Wildman–Crippen MR) is 103 cm³/mol. The first kappa shape index (κ1) is 19.6. The number of furan rings is 1. The van der Waals surface area contributed by atoms with Gasteiger partial charge in [-0.05, 0) is 25.0 Å². The number of esters is 1. The molecule has 0 spiro atoms. The van der Waals surface area contributed by atoms with Crippen LogP contribution in [0, 0.1) is 23.2 Å². The smallest absolute Gasteiger partial charge is 0.326 e. The fourth-order valence-electron chi connectivity index (χ4n) is 4.13. The highest BCUT2D eigenvalue weighted by Gasteiger charge is 2.48. The zero-order chi connectivity index (χ0) is 21.3. The highest BCUT2D eigenvalue weighted by molar-refractivity contribution is 6.07. The van der Waals surface area contributed by atoms with Gasteiger partial charge in [-0.25, -0.2) is 0 Å². The molecule has 1 saturated heterocycles. The summed E-state index contributed by atoms with van der Waals surface area (Å²) >= 11 is 0. The minimum Gasteiger partial charge on any atom is -0.454 e. The first-order chi connectivity index (χ1) is 14.5. The second kappa shape index (κ2) is 7.99. The molecular weight excluding hydrogens is 390 g/mol. The van der Waals surface area contributed by atoms with Crippen molar-refractivity contribution in [2.45, 2.75) is 25.7 Å². The summed E-state index contributed by atoms with van der Waals surface area (Å²) < 4.78 is 10.3. The van der Waals surface area contributed by atoms with Gasteiger partial charge in [0.15, 0.2) is 6.61 Å². The normalized spacial score (nSPS) is 20.7. The number of rotatable bonds is 5. The lowest BCUT2D eigenvalue weighted by atomic mass is 9.81. The first-order valence-corrected chi connectivity index (χ1v) is 9.72. The molecule has 0 bridgehead atoms. The Hall–Kier alpha value is -3.67. The Kier molecular flexibility index (Phi) is 5.23. The summed E-state index contributed by atoms with van der Waals surface area (Å²) in [7, 11) is 0. The molecule has 2 heterocycles. The van der Waals surface area contributed by atoms with E-state index in [2.05, 4.69) is 5.32 Å². The number of nitrogens with one attached hydrogen (secondary N) is 1. The number of hydrogen-bond donors (Lipinski definition) is 1. The van der Waals surface area contributed by atoms with Gasteiger partial charge >= 0.3 is 5.97 Å². The molecule has 1 saturated carbocycles.